The van der Waals surface area contributed by atoms with Crippen molar-refractivity contribution in [3.63, 3.8) is 0 Å². The van der Waals surface area contributed by atoms with E-state index in [-0.39, 0.29) is 11.2 Å². The van der Waals surface area contributed by atoms with E-state index in [9.17, 15) is 5.11 Å². The molecule has 3 aromatic carbocycles. The number of hydrogen-bond acceptors (Lipinski definition) is 3. The summed E-state index contributed by atoms with van der Waals surface area (Å²) in [6.45, 7) is 6.28. The molecule has 0 aliphatic carbocycles. The molecule has 0 fully saturated rings. The molecule has 0 unspecified atom stereocenters. The molecule has 1 N–H and O–H groups in total. The van der Waals surface area contributed by atoms with Gasteiger partial charge in [0.15, 0.2) is 0 Å². The number of nitrogens with zero attached hydrogens (tertiary/aromatic N) is 1. The van der Waals surface area contributed by atoms with Crippen molar-refractivity contribution < 1.29 is 9.84 Å². The Balaban J connectivity index is 2.05. The van der Waals surface area contributed by atoms with Gasteiger partial charge in [-0.1, -0.05) is 62.4 Å². The summed E-state index contributed by atoms with van der Waals surface area (Å²) in [5.74, 6) is 0.957. The number of hydrogen-bond donors (Lipinski definition) is 1. The summed E-state index contributed by atoms with van der Waals surface area (Å²) in [5.41, 5.74) is 4.20. The van der Waals surface area contributed by atoms with Gasteiger partial charge >= 0.3 is 0 Å². The topological polar surface area (TPSA) is 41.8 Å². The van der Waals surface area contributed by atoms with Crippen molar-refractivity contribution in [2.24, 2.45) is 4.99 Å². The summed E-state index contributed by atoms with van der Waals surface area (Å²) >= 11 is 0. The lowest BCUT2D eigenvalue weighted by atomic mass is 9.76. The Morgan fingerprint density at radius 3 is 2.33 bits per heavy atom. The maximum atomic E-state index is 11.0. The van der Waals surface area contributed by atoms with Crippen LogP contribution >= 0.6 is 0 Å². The van der Waals surface area contributed by atoms with Gasteiger partial charge in [-0.3, -0.25) is 4.99 Å². The molecular weight excluding hydrogens is 334 g/mol. The van der Waals surface area contributed by atoms with E-state index in [1.807, 2.05) is 61.5 Å². The second-order valence-electron chi connectivity index (χ2n) is 7.17. The molecule has 0 spiro atoms. The summed E-state index contributed by atoms with van der Waals surface area (Å²) in [5, 5.41) is 11.0. The number of para-hydroxylation sites is 2. The summed E-state index contributed by atoms with van der Waals surface area (Å²) in [6, 6.07) is 21.8. The average Bonchev–Trinajstić information content (AvgIpc) is 2.69. The third-order valence-electron chi connectivity index (χ3n) is 4.88. The summed E-state index contributed by atoms with van der Waals surface area (Å²) in [4.78, 5) is 4.54. The van der Waals surface area contributed by atoms with E-state index in [4.69, 9.17) is 4.74 Å². The van der Waals surface area contributed by atoms with Crippen LogP contribution < -0.4 is 4.74 Å². The third kappa shape index (κ3) is 3.87. The number of rotatable bonds is 5. The van der Waals surface area contributed by atoms with Crippen molar-refractivity contribution in [3.8, 4) is 11.5 Å². The van der Waals surface area contributed by atoms with Gasteiger partial charge in [0.25, 0.3) is 0 Å². The Hall–Kier alpha value is -3.07. The fourth-order valence-corrected chi connectivity index (χ4v) is 3.27. The molecule has 0 saturated carbocycles. The first kappa shape index (κ1) is 18.7. The van der Waals surface area contributed by atoms with Crippen molar-refractivity contribution in [2.45, 2.75) is 26.2 Å². The van der Waals surface area contributed by atoms with E-state index in [1.165, 1.54) is 0 Å². The Morgan fingerprint density at radius 2 is 1.63 bits per heavy atom. The highest BCUT2D eigenvalue weighted by Crippen LogP contribution is 2.39. The molecule has 138 valence electrons. The normalized spacial score (nSPS) is 11.7. The van der Waals surface area contributed by atoms with Gasteiger partial charge in [0.2, 0.25) is 0 Å². The minimum atomic E-state index is -0.329. The van der Waals surface area contributed by atoms with Gasteiger partial charge in [-0.15, -0.1) is 0 Å². The molecule has 3 nitrogen and oxygen atoms in total. The maximum Gasteiger partial charge on any atom is 0.144 e. The number of methoxy groups -OCH3 is 1. The van der Waals surface area contributed by atoms with Crippen molar-refractivity contribution in [3.05, 3.63) is 89.0 Å². The lowest BCUT2D eigenvalue weighted by Gasteiger charge is -2.28. The number of aromatic hydroxyl groups is 1. The second-order valence-corrected chi connectivity index (χ2v) is 7.17. The van der Waals surface area contributed by atoms with E-state index < -0.39 is 0 Å². The first-order valence-corrected chi connectivity index (χ1v) is 9.00. The van der Waals surface area contributed by atoms with E-state index in [0.717, 1.165) is 22.4 Å². The molecule has 0 aromatic heterocycles. The van der Waals surface area contributed by atoms with Crippen LogP contribution in [0.3, 0.4) is 0 Å². The summed E-state index contributed by atoms with van der Waals surface area (Å²) in [7, 11) is 1.62. The predicted molar refractivity (Wildman–Crippen MR) is 112 cm³/mol. The van der Waals surface area contributed by atoms with Gasteiger partial charge in [0.05, 0.1) is 7.11 Å². The van der Waals surface area contributed by atoms with E-state index in [0.29, 0.717) is 11.3 Å². The zero-order valence-corrected chi connectivity index (χ0v) is 16.2. The van der Waals surface area contributed by atoms with Crippen LogP contribution in [0, 0.1) is 6.92 Å². The molecule has 0 bridgehead atoms. The van der Waals surface area contributed by atoms with Crippen LogP contribution in [0.2, 0.25) is 0 Å². The van der Waals surface area contributed by atoms with Crippen molar-refractivity contribution in [1.82, 2.24) is 0 Å². The number of aryl methyl sites for hydroxylation is 1. The maximum absolute atomic E-state index is 11.0. The van der Waals surface area contributed by atoms with Gasteiger partial charge in [-0.2, -0.15) is 0 Å². The fourth-order valence-electron chi connectivity index (χ4n) is 3.27. The number of ether oxygens (including phenoxy) is 1. The zero-order valence-electron chi connectivity index (χ0n) is 16.2. The number of benzene rings is 3. The third-order valence-corrected chi connectivity index (χ3v) is 4.88. The highest BCUT2D eigenvalue weighted by atomic mass is 16.5. The molecule has 27 heavy (non-hydrogen) atoms. The standard InChI is InChI=1S/C24H25NO2/c1-17-14-18(16-25-21-12-8-9-13-22(21)27-4)23(26)20(15-17)24(2,3)19-10-6-5-7-11-19/h5-16,26H,1-4H3. The first-order chi connectivity index (χ1) is 12.9. The van der Waals surface area contributed by atoms with Gasteiger partial charge in [0, 0.05) is 22.8 Å². The fraction of sp³-hybridized carbons (Fsp3) is 0.208. The minimum absolute atomic E-state index is 0.258. The van der Waals surface area contributed by atoms with E-state index in [2.05, 4.69) is 31.0 Å². The smallest absolute Gasteiger partial charge is 0.144 e. The van der Waals surface area contributed by atoms with Gasteiger partial charge in [0.1, 0.15) is 17.2 Å². The molecule has 0 aliphatic rings. The second kappa shape index (κ2) is 7.67. The Morgan fingerprint density at radius 1 is 0.963 bits per heavy atom. The number of phenolic OH excluding ortho intramolecular Hbond substituents is 1. The molecule has 3 heteroatoms. The quantitative estimate of drug-likeness (QED) is 0.586. The van der Waals surface area contributed by atoms with Gasteiger partial charge in [-0.05, 0) is 36.2 Å². The lowest BCUT2D eigenvalue weighted by Crippen LogP contribution is -2.19. The van der Waals surface area contributed by atoms with Crippen molar-refractivity contribution in [1.29, 1.82) is 0 Å². The van der Waals surface area contributed by atoms with Crippen LogP contribution in [0.5, 0.6) is 11.5 Å². The van der Waals surface area contributed by atoms with Crippen LogP contribution in [-0.4, -0.2) is 18.4 Å². The van der Waals surface area contributed by atoms with Crippen LogP contribution in [0.1, 0.15) is 36.1 Å². The Labute approximate surface area is 161 Å². The number of aliphatic imine (C=N–C) groups is 1. The van der Waals surface area contributed by atoms with Crippen LogP contribution in [0.4, 0.5) is 5.69 Å². The predicted octanol–water partition coefficient (Wildman–Crippen LogP) is 5.79. The van der Waals surface area contributed by atoms with Crippen LogP contribution in [0.15, 0.2) is 71.7 Å². The highest BCUT2D eigenvalue weighted by Gasteiger charge is 2.27. The van der Waals surface area contributed by atoms with E-state index in [1.54, 1.807) is 13.3 Å². The Kier molecular flexibility index (Phi) is 5.31. The van der Waals surface area contributed by atoms with Crippen molar-refractivity contribution >= 4 is 11.9 Å². The zero-order chi connectivity index (χ0) is 19.4. The van der Waals surface area contributed by atoms with Crippen LogP contribution in [-0.2, 0) is 5.41 Å². The molecule has 3 rings (SSSR count). The summed E-state index contributed by atoms with van der Waals surface area (Å²) in [6.07, 6.45) is 1.70. The molecule has 0 aliphatic heterocycles. The largest absolute Gasteiger partial charge is 0.507 e. The SMILES string of the molecule is COc1ccccc1N=Cc1cc(C)cc(C(C)(C)c2ccccc2)c1O. The van der Waals surface area contributed by atoms with Crippen molar-refractivity contribution in [2.75, 3.05) is 7.11 Å². The number of phenols is 1. The molecule has 0 heterocycles. The molecular formula is C24H25NO2. The van der Waals surface area contributed by atoms with Gasteiger partial charge in [-0.25, -0.2) is 0 Å². The lowest BCUT2D eigenvalue weighted by molar-refractivity contribution is 0.416. The monoisotopic (exact) mass is 359 g/mol. The van der Waals surface area contributed by atoms with Gasteiger partial charge < -0.3 is 9.84 Å². The molecule has 0 atom stereocenters. The Bertz CT molecular complexity index is 959. The molecule has 0 saturated heterocycles. The molecule has 3 aromatic rings. The molecule has 0 amide bonds. The minimum Gasteiger partial charge on any atom is -0.507 e. The highest BCUT2D eigenvalue weighted by molar-refractivity contribution is 5.87. The van der Waals surface area contributed by atoms with E-state index >= 15 is 0 Å². The van der Waals surface area contributed by atoms with Crippen LogP contribution in [0.25, 0.3) is 0 Å². The molecule has 0 radical (unpaired) electrons. The first-order valence-electron chi connectivity index (χ1n) is 9.00. The summed E-state index contributed by atoms with van der Waals surface area (Å²) < 4.78 is 5.35. The average molecular weight is 359 g/mol.